The summed E-state index contributed by atoms with van der Waals surface area (Å²) in [6, 6.07) is 1.66. The molecule has 1 fully saturated rings. The van der Waals surface area contributed by atoms with Gasteiger partial charge in [-0.1, -0.05) is 0 Å². The summed E-state index contributed by atoms with van der Waals surface area (Å²) in [7, 11) is -2.34. The molecule has 1 atom stereocenters. The fourth-order valence-corrected chi connectivity index (χ4v) is 5.07. The van der Waals surface area contributed by atoms with Gasteiger partial charge in [-0.3, -0.25) is 0 Å². The molecule has 1 aromatic rings. The average Bonchev–Trinajstić information content (AvgIpc) is 2.77. The zero-order chi connectivity index (χ0) is 14.9. The summed E-state index contributed by atoms with van der Waals surface area (Å²) in [5.74, 6) is -0.553. The Morgan fingerprint density at radius 1 is 1.50 bits per heavy atom. The predicted octanol–water partition coefficient (Wildman–Crippen LogP) is 0.927. The van der Waals surface area contributed by atoms with Crippen molar-refractivity contribution in [3.8, 4) is 0 Å². The van der Waals surface area contributed by atoms with Crippen LogP contribution in [0.2, 0.25) is 0 Å². The second-order valence-corrected chi connectivity index (χ2v) is 7.89. The van der Waals surface area contributed by atoms with Gasteiger partial charge in [-0.05, 0) is 19.9 Å². The molecule has 1 aliphatic heterocycles. The SMILES string of the molecule is COC(=O)C1CN(S(=O)(=O)c2cc(C)sc2C)CCO1. The summed E-state index contributed by atoms with van der Waals surface area (Å²) in [6.07, 6.45) is -0.858. The van der Waals surface area contributed by atoms with Crippen LogP contribution in [-0.2, 0) is 24.3 Å². The van der Waals surface area contributed by atoms with Crippen molar-refractivity contribution in [2.45, 2.75) is 24.8 Å². The van der Waals surface area contributed by atoms with Crippen molar-refractivity contribution in [2.24, 2.45) is 0 Å². The van der Waals surface area contributed by atoms with Crippen LogP contribution < -0.4 is 0 Å². The number of hydrogen-bond donors (Lipinski definition) is 0. The summed E-state index contributed by atoms with van der Waals surface area (Å²) in [5.41, 5.74) is 0. The van der Waals surface area contributed by atoms with Crippen molar-refractivity contribution in [1.29, 1.82) is 0 Å². The normalized spacial score (nSPS) is 20.9. The minimum atomic E-state index is -3.59. The summed E-state index contributed by atoms with van der Waals surface area (Å²) in [4.78, 5) is 13.5. The number of thiophene rings is 1. The molecule has 0 aromatic carbocycles. The second kappa shape index (κ2) is 5.80. The van der Waals surface area contributed by atoms with Gasteiger partial charge in [-0.25, -0.2) is 13.2 Å². The van der Waals surface area contributed by atoms with Gasteiger partial charge in [0, 0.05) is 16.3 Å². The zero-order valence-electron chi connectivity index (χ0n) is 11.6. The fraction of sp³-hybridized carbons (Fsp3) is 0.583. The molecule has 6 nitrogen and oxygen atoms in total. The maximum absolute atomic E-state index is 12.6. The van der Waals surface area contributed by atoms with Gasteiger partial charge in [0.2, 0.25) is 10.0 Å². The molecule has 1 aromatic heterocycles. The van der Waals surface area contributed by atoms with E-state index in [1.165, 1.54) is 22.8 Å². The Kier molecular flexibility index (Phi) is 4.48. The molecule has 0 spiro atoms. The van der Waals surface area contributed by atoms with Crippen molar-refractivity contribution >= 4 is 27.3 Å². The minimum Gasteiger partial charge on any atom is -0.467 e. The lowest BCUT2D eigenvalue weighted by Crippen LogP contribution is -2.48. The first-order valence-corrected chi connectivity index (χ1v) is 8.38. The lowest BCUT2D eigenvalue weighted by Gasteiger charge is -2.30. The van der Waals surface area contributed by atoms with E-state index in [9.17, 15) is 13.2 Å². The molecule has 8 heteroatoms. The van der Waals surface area contributed by atoms with Crippen molar-refractivity contribution < 1.29 is 22.7 Å². The average molecular weight is 319 g/mol. The minimum absolute atomic E-state index is 0.0106. The van der Waals surface area contributed by atoms with Crippen LogP contribution in [0, 0.1) is 13.8 Å². The van der Waals surface area contributed by atoms with Gasteiger partial charge in [-0.15, -0.1) is 11.3 Å². The van der Waals surface area contributed by atoms with Gasteiger partial charge < -0.3 is 9.47 Å². The molecule has 0 radical (unpaired) electrons. The number of hydrogen-bond acceptors (Lipinski definition) is 6. The van der Waals surface area contributed by atoms with Crippen molar-refractivity contribution in [3.63, 3.8) is 0 Å². The standard InChI is InChI=1S/C12H17NO5S2/c1-8-6-11(9(2)19-8)20(15,16)13-4-5-18-10(7-13)12(14)17-3/h6,10H,4-5,7H2,1-3H3. The number of aryl methyl sites for hydroxylation is 2. The van der Waals surface area contributed by atoms with E-state index in [2.05, 4.69) is 4.74 Å². The fourth-order valence-electron chi connectivity index (χ4n) is 2.12. The second-order valence-electron chi connectivity index (χ2n) is 4.52. The predicted molar refractivity (Wildman–Crippen MR) is 74.3 cm³/mol. The topological polar surface area (TPSA) is 72.9 Å². The molecule has 1 saturated heterocycles. The first kappa shape index (κ1) is 15.4. The molecule has 112 valence electrons. The maximum Gasteiger partial charge on any atom is 0.336 e. The third-order valence-electron chi connectivity index (χ3n) is 3.11. The van der Waals surface area contributed by atoms with E-state index < -0.39 is 22.1 Å². The number of sulfonamides is 1. The van der Waals surface area contributed by atoms with Crippen LogP contribution in [0.4, 0.5) is 0 Å². The molecule has 2 heterocycles. The van der Waals surface area contributed by atoms with Crippen molar-refractivity contribution in [1.82, 2.24) is 4.31 Å². The van der Waals surface area contributed by atoms with E-state index in [4.69, 9.17) is 4.74 Å². The van der Waals surface area contributed by atoms with Crippen molar-refractivity contribution in [2.75, 3.05) is 26.8 Å². The number of carbonyl (C=O) groups excluding carboxylic acids is 1. The molecular weight excluding hydrogens is 302 g/mol. The molecule has 0 saturated carbocycles. The highest BCUT2D eigenvalue weighted by atomic mass is 32.2. The smallest absolute Gasteiger partial charge is 0.336 e. The molecule has 0 amide bonds. The van der Waals surface area contributed by atoms with Gasteiger partial charge in [0.25, 0.3) is 0 Å². The van der Waals surface area contributed by atoms with E-state index in [0.717, 1.165) is 9.75 Å². The third kappa shape index (κ3) is 2.88. The number of esters is 1. The molecule has 0 aliphatic carbocycles. The maximum atomic E-state index is 12.6. The van der Waals surface area contributed by atoms with E-state index in [1.54, 1.807) is 13.0 Å². The number of ether oxygens (including phenoxy) is 2. The lowest BCUT2D eigenvalue weighted by atomic mass is 10.3. The van der Waals surface area contributed by atoms with E-state index in [0.29, 0.717) is 4.90 Å². The number of carbonyl (C=O) groups is 1. The molecule has 1 unspecified atom stereocenters. The third-order valence-corrected chi connectivity index (χ3v) is 6.19. The van der Waals surface area contributed by atoms with Gasteiger partial charge in [0.15, 0.2) is 6.10 Å². The molecule has 2 rings (SSSR count). The van der Waals surface area contributed by atoms with E-state index in [1.807, 2.05) is 6.92 Å². The van der Waals surface area contributed by atoms with Crippen LogP contribution in [0.25, 0.3) is 0 Å². The highest BCUT2D eigenvalue weighted by molar-refractivity contribution is 7.89. The molecule has 0 N–H and O–H groups in total. The van der Waals surface area contributed by atoms with Crippen LogP contribution in [0.1, 0.15) is 9.75 Å². The summed E-state index contributed by atoms with van der Waals surface area (Å²) in [5, 5.41) is 0. The zero-order valence-corrected chi connectivity index (χ0v) is 13.2. The Bertz CT molecular complexity index is 607. The largest absolute Gasteiger partial charge is 0.467 e. The quantitative estimate of drug-likeness (QED) is 0.775. The van der Waals surface area contributed by atoms with E-state index >= 15 is 0 Å². The Hall–Kier alpha value is -0.960. The van der Waals surface area contributed by atoms with Gasteiger partial charge >= 0.3 is 5.97 Å². The van der Waals surface area contributed by atoms with E-state index in [-0.39, 0.29) is 19.7 Å². The van der Waals surface area contributed by atoms with Crippen LogP contribution in [0.5, 0.6) is 0 Å². The molecular formula is C12H17NO5S2. The Morgan fingerprint density at radius 2 is 2.20 bits per heavy atom. The Balaban J connectivity index is 2.26. The van der Waals surface area contributed by atoms with Crippen molar-refractivity contribution in [3.05, 3.63) is 15.8 Å². The first-order valence-electron chi connectivity index (χ1n) is 6.13. The summed E-state index contributed by atoms with van der Waals surface area (Å²) in [6.45, 7) is 4.06. The Labute approximate surface area is 122 Å². The van der Waals surface area contributed by atoms with Crippen LogP contribution in [-0.4, -0.2) is 51.6 Å². The van der Waals surface area contributed by atoms with Gasteiger partial charge in [-0.2, -0.15) is 4.31 Å². The number of nitrogens with zero attached hydrogens (tertiary/aromatic N) is 1. The lowest BCUT2D eigenvalue weighted by molar-refractivity contribution is -0.157. The highest BCUT2D eigenvalue weighted by Crippen LogP contribution is 2.28. The number of morpholine rings is 1. The van der Waals surface area contributed by atoms with Gasteiger partial charge in [0.1, 0.15) is 0 Å². The number of rotatable bonds is 3. The summed E-state index contributed by atoms with van der Waals surface area (Å²) >= 11 is 1.44. The summed E-state index contributed by atoms with van der Waals surface area (Å²) < 4.78 is 36.3. The highest BCUT2D eigenvalue weighted by Gasteiger charge is 2.35. The first-order chi connectivity index (χ1) is 9.36. The molecule has 1 aliphatic rings. The van der Waals surface area contributed by atoms with Gasteiger partial charge in [0.05, 0.1) is 25.2 Å². The molecule has 20 heavy (non-hydrogen) atoms. The van der Waals surface area contributed by atoms with Crippen LogP contribution >= 0.6 is 11.3 Å². The van der Waals surface area contributed by atoms with Crippen LogP contribution in [0.3, 0.4) is 0 Å². The number of methoxy groups -OCH3 is 1. The monoisotopic (exact) mass is 319 g/mol. The molecule has 0 bridgehead atoms. The van der Waals surface area contributed by atoms with Crippen LogP contribution in [0.15, 0.2) is 11.0 Å². The Morgan fingerprint density at radius 3 is 2.75 bits per heavy atom.